The maximum atomic E-state index is 12.3. The number of aryl methyl sites for hydroxylation is 1. The Morgan fingerprint density at radius 1 is 1.07 bits per heavy atom. The molecular weight excluding hydrogens is 427 g/mol. The van der Waals surface area contributed by atoms with Gasteiger partial charge in [0.25, 0.3) is 0 Å². The van der Waals surface area contributed by atoms with Crippen LogP contribution in [0, 0.1) is 17.0 Å². The van der Waals surface area contributed by atoms with Gasteiger partial charge in [-0.25, -0.2) is 9.97 Å². The molecule has 0 fully saturated rings. The van der Waals surface area contributed by atoms with Crippen LogP contribution in [0.3, 0.4) is 0 Å². The maximum Gasteiger partial charge on any atom is 0.573 e. The number of aromatic nitrogens is 2. The lowest BCUT2D eigenvalue weighted by Crippen LogP contribution is -2.17. The van der Waals surface area contributed by atoms with Crippen molar-refractivity contribution in [2.24, 2.45) is 0 Å². The highest BCUT2D eigenvalue weighted by molar-refractivity contribution is 6.30. The number of benzene rings is 2. The SMILES string of the molecule is Cc1cc(Cl)ccc1Nc1ncnc(Nc2ccc(OC(F)(F)F)cc2)c1[N+](=O)[O-]. The van der Waals surface area contributed by atoms with E-state index >= 15 is 0 Å². The van der Waals surface area contributed by atoms with Crippen molar-refractivity contribution in [2.75, 3.05) is 10.6 Å². The van der Waals surface area contributed by atoms with Crippen molar-refractivity contribution in [1.29, 1.82) is 0 Å². The van der Waals surface area contributed by atoms with Crippen LogP contribution in [-0.2, 0) is 0 Å². The largest absolute Gasteiger partial charge is 0.573 e. The average molecular weight is 440 g/mol. The highest BCUT2D eigenvalue weighted by Crippen LogP contribution is 2.34. The van der Waals surface area contributed by atoms with E-state index in [1.807, 2.05) is 0 Å². The summed E-state index contributed by atoms with van der Waals surface area (Å²) in [6, 6.07) is 9.62. The van der Waals surface area contributed by atoms with Gasteiger partial charge in [0.1, 0.15) is 12.1 Å². The summed E-state index contributed by atoms with van der Waals surface area (Å²) in [4.78, 5) is 18.8. The molecule has 0 atom stereocenters. The minimum atomic E-state index is -4.82. The van der Waals surface area contributed by atoms with Gasteiger partial charge in [-0.15, -0.1) is 13.2 Å². The first-order chi connectivity index (χ1) is 14.1. The lowest BCUT2D eigenvalue weighted by atomic mass is 10.2. The van der Waals surface area contributed by atoms with Crippen LogP contribution in [0.25, 0.3) is 0 Å². The van der Waals surface area contributed by atoms with Crippen molar-refractivity contribution in [3.8, 4) is 5.75 Å². The van der Waals surface area contributed by atoms with Crippen LogP contribution in [0.4, 0.5) is 41.9 Å². The molecule has 0 saturated carbocycles. The fourth-order valence-corrected chi connectivity index (χ4v) is 2.73. The molecule has 3 aromatic rings. The molecule has 0 unspecified atom stereocenters. The third-order valence-corrected chi connectivity index (χ3v) is 4.03. The van der Waals surface area contributed by atoms with Gasteiger partial charge in [-0.3, -0.25) is 10.1 Å². The zero-order valence-corrected chi connectivity index (χ0v) is 16.0. The first-order valence-electron chi connectivity index (χ1n) is 8.28. The molecule has 0 bridgehead atoms. The van der Waals surface area contributed by atoms with Crippen molar-refractivity contribution in [3.63, 3.8) is 0 Å². The third kappa shape index (κ3) is 5.26. The number of hydrogen-bond acceptors (Lipinski definition) is 7. The first kappa shape index (κ1) is 21.1. The standard InChI is InChI=1S/C18H13ClF3N5O3/c1-10-8-11(19)2-7-14(10)26-17-15(27(28)29)16(23-9-24-17)25-12-3-5-13(6-4-12)30-18(20,21)22/h2-9H,1H3,(H2,23,24,25,26). The van der Waals surface area contributed by atoms with Gasteiger partial charge in [-0.1, -0.05) is 11.6 Å². The molecule has 2 N–H and O–H groups in total. The van der Waals surface area contributed by atoms with Gasteiger partial charge in [0.2, 0.25) is 11.6 Å². The molecule has 0 amide bonds. The van der Waals surface area contributed by atoms with Gasteiger partial charge >= 0.3 is 12.0 Å². The van der Waals surface area contributed by atoms with Crippen LogP contribution >= 0.6 is 11.6 Å². The number of hydrogen-bond donors (Lipinski definition) is 2. The molecule has 156 valence electrons. The van der Waals surface area contributed by atoms with Gasteiger partial charge < -0.3 is 15.4 Å². The van der Waals surface area contributed by atoms with E-state index in [0.717, 1.165) is 24.0 Å². The quantitative estimate of drug-likeness (QED) is 0.373. The van der Waals surface area contributed by atoms with Crippen LogP contribution < -0.4 is 15.4 Å². The molecule has 8 nitrogen and oxygen atoms in total. The molecule has 30 heavy (non-hydrogen) atoms. The summed E-state index contributed by atoms with van der Waals surface area (Å²) < 4.78 is 40.6. The van der Waals surface area contributed by atoms with Gasteiger partial charge in [-0.05, 0) is 55.0 Å². The summed E-state index contributed by atoms with van der Waals surface area (Å²) in [6.45, 7) is 1.77. The summed E-state index contributed by atoms with van der Waals surface area (Å²) in [5.74, 6) is -0.639. The Kier molecular flexibility index (Phi) is 5.92. The molecule has 0 aliphatic heterocycles. The molecule has 1 aromatic heterocycles. The average Bonchev–Trinajstić information content (AvgIpc) is 2.64. The molecule has 0 spiro atoms. The molecule has 0 saturated heterocycles. The van der Waals surface area contributed by atoms with Crippen molar-refractivity contribution in [2.45, 2.75) is 13.3 Å². The van der Waals surface area contributed by atoms with E-state index in [9.17, 15) is 23.3 Å². The highest BCUT2D eigenvalue weighted by atomic mass is 35.5. The second-order valence-electron chi connectivity index (χ2n) is 5.96. The smallest absolute Gasteiger partial charge is 0.406 e. The Hall–Kier alpha value is -3.60. The Morgan fingerprint density at radius 2 is 1.70 bits per heavy atom. The number of alkyl halides is 3. The summed E-state index contributed by atoms with van der Waals surface area (Å²) in [5.41, 5.74) is 1.12. The Morgan fingerprint density at radius 3 is 2.27 bits per heavy atom. The van der Waals surface area contributed by atoms with Crippen molar-refractivity contribution < 1.29 is 22.8 Å². The molecule has 2 aromatic carbocycles. The summed E-state index contributed by atoms with van der Waals surface area (Å²) in [6.07, 6.45) is -3.70. The molecule has 1 heterocycles. The normalized spacial score (nSPS) is 11.1. The van der Waals surface area contributed by atoms with Gasteiger partial charge in [-0.2, -0.15) is 0 Å². The topological polar surface area (TPSA) is 102 Å². The van der Waals surface area contributed by atoms with Crippen LogP contribution in [0.15, 0.2) is 48.8 Å². The number of nitrogens with one attached hydrogen (secondary N) is 2. The summed E-state index contributed by atoms with van der Waals surface area (Å²) in [5, 5.41) is 17.7. The first-order valence-corrected chi connectivity index (χ1v) is 8.65. The number of anilines is 4. The number of nitrogens with zero attached hydrogens (tertiary/aromatic N) is 3. The second-order valence-corrected chi connectivity index (χ2v) is 6.39. The van der Waals surface area contributed by atoms with E-state index in [1.54, 1.807) is 25.1 Å². The minimum absolute atomic E-state index is 0.0695. The van der Waals surface area contributed by atoms with Crippen molar-refractivity contribution in [3.05, 3.63) is 69.5 Å². The number of ether oxygens (including phenoxy) is 1. The molecule has 12 heteroatoms. The minimum Gasteiger partial charge on any atom is -0.406 e. The maximum absolute atomic E-state index is 12.3. The number of nitro groups is 1. The van der Waals surface area contributed by atoms with Crippen molar-refractivity contribution in [1.82, 2.24) is 9.97 Å². The molecule has 0 aliphatic rings. The van der Waals surface area contributed by atoms with Gasteiger partial charge in [0.15, 0.2) is 0 Å². The van der Waals surface area contributed by atoms with Crippen LogP contribution in [-0.4, -0.2) is 21.3 Å². The molecule has 3 rings (SSSR count). The van der Waals surface area contributed by atoms with E-state index in [0.29, 0.717) is 10.7 Å². The molecule has 0 aliphatic carbocycles. The summed E-state index contributed by atoms with van der Waals surface area (Å²) >= 11 is 5.92. The lowest BCUT2D eigenvalue weighted by molar-refractivity contribution is -0.383. The lowest BCUT2D eigenvalue weighted by Gasteiger charge is -2.12. The van der Waals surface area contributed by atoms with Crippen LogP contribution in [0.2, 0.25) is 5.02 Å². The second kappa shape index (κ2) is 8.41. The monoisotopic (exact) mass is 439 g/mol. The fraction of sp³-hybridized carbons (Fsp3) is 0.111. The zero-order chi connectivity index (χ0) is 21.9. The van der Waals surface area contributed by atoms with Crippen molar-refractivity contribution >= 4 is 40.3 Å². The van der Waals surface area contributed by atoms with Crippen LogP contribution in [0.5, 0.6) is 5.75 Å². The number of rotatable bonds is 6. The zero-order valence-electron chi connectivity index (χ0n) is 15.2. The van der Waals surface area contributed by atoms with Crippen LogP contribution in [0.1, 0.15) is 5.56 Å². The Labute approximate surface area is 172 Å². The predicted molar refractivity (Wildman–Crippen MR) is 105 cm³/mol. The van der Waals surface area contributed by atoms with Gasteiger partial charge in [0.05, 0.1) is 4.92 Å². The van der Waals surface area contributed by atoms with E-state index < -0.39 is 22.7 Å². The Balaban J connectivity index is 1.88. The van der Waals surface area contributed by atoms with E-state index in [2.05, 4.69) is 25.3 Å². The predicted octanol–water partition coefficient (Wildman–Crippen LogP) is 5.73. The summed E-state index contributed by atoms with van der Waals surface area (Å²) in [7, 11) is 0. The molecule has 0 radical (unpaired) electrons. The third-order valence-electron chi connectivity index (χ3n) is 3.80. The fourth-order valence-electron chi connectivity index (χ4n) is 2.51. The van der Waals surface area contributed by atoms with E-state index in [4.69, 9.17) is 11.6 Å². The van der Waals surface area contributed by atoms with Gasteiger partial charge in [0, 0.05) is 16.4 Å². The Bertz CT molecular complexity index is 1080. The van der Waals surface area contributed by atoms with E-state index in [-0.39, 0.29) is 17.3 Å². The highest BCUT2D eigenvalue weighted by Gasteiger charge is 2.31. The molecular formula is C18H13ClF3N5O3. The number of halogens is 4. The van der Waals surface area contributed by atoms with E-state index in [1.165, 1.54) is 12.1 Å².